The lowest BCUT2D eigenvalue weighted by atomic mass is 10.0. The van der Waals surface area contributed by atoms with Crippen LogP contribution in [0.5, 0.6) is 0 Å². The zero-order valence-corrected chi connectivity index (χ0v) is 17.7. The van der Waals surface area contributed by atoms with Crippen molar-refractivity contribution in [2.24, 2.45) is 0 Å². The average molecular weight is 427 g/mol. The summed E-state index contributed by atoms with van der Waals surface area (Å²) in [6.07, 6.45) is 1.64. The van der Waals surface area contributed by atoms with Crippen molar-refractivity contribution >= 4 is 33.0 Å². The van der Waals surface area contributed by atoms with E-state index >= 15 is 0 Å². The molecule has 150 valence electrons. The quantitative estimate of drug-likeness (QED) is 0.658. The van der Waals surface area contributed by atoms with Gasteiger partial charge in [0.1, 0.15) is 0 Å². The standard InChI is InChI=1S/C22H22N2O3S2/c1-16(21-12-6-14-28-21)23-22(25)18-8-4-10-19(15-18)29(26,27)24-13-5-9-17-7-2-3-11-20(17)24/h2-4,6-8,10-12,14-16H,5,9,13H2,1H3,(H,23,25). The number of nitrogens with zero attached hydrogens (tertiary/aromatic N) is 1. The van der Waals surface area contributed by atoms with E-state index in [0.29, 0.717) is 12.1 Å². The molecule has 2 heterocycles. The maximum atomic E-state index is 13.3. The van der Waals surface area contributed by atoms with Crippen molar-refractivity contribution in [3.63, 3.8) is 0 Å². The van der Waals surface area contributed by atoms with E-state index in [2.05, 4.69) is 5.32 Å². The summed E-state index contributed by atoms with van der Waals surface area (Å²) < 4.78 is 28.1. The Morgan fingerprint density at radius 1 is 1.10 bits per heavy atom. The van der Waals surface area contributed by atoms with Crippen LogP contribution in [0.25, 0.3) is 0 Å². The van der Waals surface area contributed by atoms with Crippen molar-refractivity contribution in [2.75, 3.05) is 10.8 Å². The van der Waals surface area contributed by atoms with Crippen molar-refractivity contribution in [1.82, 2.24) is 5.32 Å². The summed E-state index contributed by atoms with van der Waals surface area (Å²) in [5.74, 6) is -0.290. The highest BCUT2D eigenvalue weighted by atomic mass is 32.2. The second-order valence-electron chi connectivity index (χ2n) is 7.05. The van der Waals surface area contributed by atoms with Gasteiger partial charge in [0, 0.05) is 17.0 Å². The van der Waals surface area contributed by atoms with Crippen LogP contribution in [0.15, 0.2) is 70.9 Å². The van der Waals surface area contributed by atoms with Crippen molar-refractivity contribution in [3.8, 4) is 0 Å². The summed E-state index contributed by atoms with van der Waals surface area (Å²) in [6, 6.07) is 17.6. The summed E-state index contributed by atoms with van der Waals surface area (Å²) in [7, 11) is -3.75. The van der Waals surface area contributed by atoms with Gasteiger partial charge >= 0.3 is 0 Å². The molecule has 0 fully saturated rings. The number of thiophene rings is 1. The number of carbonyl (C=O) groups is 1. The molecule has 7 heteroatoms. The van der Waals surface area contributed by atoms with E-state index in [4.69, 9.17) is 0 Å². The Balaban J connectivity index is 1.61. The highest BCUT2D eigenvalue weighted by molar-refractivity contribution is 7.92. The van der Waals surface area contributed by atoms with Crippen LogP contribution in [0.2, 0.25) is 0 Å². The van der Waals surface area contributed by atoms with Gasteiger partial charge in [0.05, 0.1) is 16.6 Å². The van der Waals surface area contributed by atoms with Crippen molar-refractivity contribution in [2.45, 2.75) is 30.7 Å². The number of aryl methyl sites for hydroxylation is 1. The van der Waals surface area contributed by atoms with Gasteiger partial charge in [0.25, 0.3) is 15.9 Å². The number of rotatable bonds is 5. The molecule has 4 rings (SSSR count). The first kappa shape index (κ1) is 19.7. The molecule has 3 aromatic rings. The van der Waals surface area contributed by atoms with Crippen molar-refractivity contribution in [3.05, 3.63) is 82.0 Å². The molecule has 1 atom stereocenters. The number of nitrogens with one attached hydrogen (secondary N) is 1. The Hall–Kier alpha value is -2.64. The fourth-order valence-electron chi connectivity index (χ4n) is 3.56. The molecule has 2 aromatic carbocycles. The number of para-hydroxylation sites is 1. The number of amides is 1. The van der Waals surface area contributed by atoms with Crippen LogP contribution in [-0.2, 0) is 16.4 Å². The van der Waals surface area contributed by atoms with Gasteiger partial charge in [-0.2, -0.15) is 0 Å². The van der Waals surface area contributed by atoms with Crippen LogP contribution < -0.4 is 9.62 Å². The van der Waals surface area contributed by atoms with E-state index in [1.54, 1.807) is 29.5 Å². The fraction of sp³-hybridized carbons (Fsp3) is 0.227. The summed E-state index contributed by atoms with van der Waals surface area (Å²) >= 11 is 1.57. The van der Waals surface area contributed by atoms with Crippen LogP contribution in [0, 0.1) is 0 Å². The SMILES string of the molecule is CC(NC(=O)c1cccc(S(=O)(=O)N2CCCc3ccccc32)c1)c1cccs1. The smallest absolute Gasteiger partial charge is 0.264 e. The monoisotopic (exact) mass is 426 g/mol. The van der Waals surface area contributed by atoms with Gasteiger partial charge in [-0.1, -0.05) is 30.3 Å². The molecule has 1 N–H and O–H groups in total. The Labute approximate surface area is 175 Å². The number of hydrogen-bond donors (Lipinski definition) is 1. The molecule has 0 spiro atoms. The van der Waals surface area contributed by atoms with E-state index in [9.17, 15) is 13.2 Å². The highest BCUT2D eigenvalue weighted by Gasteiger charge is 2.29. The topological polar surface area (TPSA) is 66.5 Å². The van der Waals surface area contributed by atoms with Crippen molar-refractivity contribution < 1.29 is 13.2 Å². The number of fused-ring (bicyclic) bond motifs is 1. The summed E-state index contributed by atoms with van der Waals surface area (Å²) in [5, 5.41) is 4.90. The van der Waals surface area contributed by atoms with Crippen LogP contribution >= 0.6 is 11.3 Å². The molecule has 1 unspecified atom stereocenters. The molecule has 1 aliphatic rings. The van der Waals surface area contributed by atoms with Crippen molar-refractivity contribution in [1.29, 1.82) is 0 Å². The molecule has 0 saturated heterocycles. The predicted molar refractivity (Wildman–Crippen MR) is 116 cm³/mol. The Bertz CT molecular complexity index is 1120. The molecule has 0 bridgehead atoms. The second kappa shape index (κ2) is 8.00. The van der Waals surface area contributed by atoms with Gasteiger partial charge in [0.2, 0.25) is 0 Å². The molecule has 0 aliphatic carbocycles. The average Bonchev–Trinajstić information content (AvgIpc) is 3.28. The van der Waals surface area contributed by atoms with Gasteiger partial charge in [-0.25, -0.2) is 8.42 Å². The van der Waals surface area contributed by atoms with Gasteiger partial charge < -0.3 is 5.32 Å². The molecular weight excluding hydrogens is 404 g/mol. The van der Waals surface area contributed by atoms with E-state index < -0.39 is 10.0 Å². The van der Waals surface area contributed by atoms with E-state index in [1.807, 2.05) is 48.7 Å². The van der Waals surface area contributed by atoms with Gasteiger partial charge in [0.15, 0.2) is 0 Å². The Morgan fingerprint density at radius 2 is 1.93 bits per heavy atom. The number of hydrogen-bond acceptors (Lipinski definition) is 4. The first-order valence-electron chi connectivity index (χ1n) is 9.52. The number of sulfonamides is 1. The van der Waals surface area contributed by atoms with E-state index in [-0.39, 0.29) is 16.8 Å². The molecule has 1 aromatic heterocycles. The summed E-state index contributed by atoms with van der Waals surface area (Å²) in [5.41, 5.74) is 2.08. The minimum absolute atomic E-state index is 0.130. The summed E-state index contributed by atoms with van der Waals surface area (Å²) in [6.45, 7) is 2.35. The zero-order chi connectivity index (χ0) is 20.4. The lowest BCUT2D eigenvalue weighted by molar-refractivity contribution is 0.0940. The molecule has 29 heavy (non-hydrogen) atoms. The number of benzene rings is 2. The Kier molecular flexibility index (Phi) is 5.43. The van der Waals surface area contributed by atoms with Crippen LogP contribution in [0.3, 0.4) is 0 Å². The first-order valence-corrected chi connectivity index (χ1v) is 11.8. The minimum atomic E-state index is -3.75. The zero-order valence-electron chi connectivity index (χ0n) is 16.0. The molecule has 0 radical (unpaired) electrons. The third-order valence-corrected chi connectivity index (χ3v) is 7.93. The third-order valence-electron chi connectivity index (χ3n) is 5.07. The predicted octanol–water partition coefficient (Wildman–Crippen LogP) is 4.38. The van der Waals surface area contributed by atoms with Gasteiger partial charge in [-0.3, -0.25) is 9.10 Å². The Morgan fingerprint density at radius 3 is 2.72 bits per heavy atom. The summed E-state index contributed by atoms with van der Waals surface area (Å²) in [4.78, 5) is 13.9. The molecular formula is C22H22N2O3S2. The van der Waals surface area contributed by atoms with Crippen LogP contribution in [-0.4, -0.2) is 20.9 Å². The fourth-order valence-corrected chi connectivity index (χ4v) is 5.88. The molecule has 0 saturated carbocycles. The minimum Gasteiger partial charge on any atom is -0.345 e. The highest BCUT2D eigenvalue weighted by Crippen LogP contribution is 2.32. The van der Waals surface area contributed by atoms with E-state index in [0.717, 1.165) is 29.0 Å². The van der Waals surface area contributed by atoms with Crippen LogP contribution in [0.4, 0.5) is 5.69 Å². The maximum Gasteiger partial charge on any atom is 0.264 e. The maximum absolute atomic E-state index is 13.3. The van der Waals surface area contributed by atoms with Gasteiger partial charge in [-0.05, 0) is 61.0 Å². The number of anilines is 1. The van der Waals surface area contributed by atoms with E-state index in [1.165, 1.54) is 10.4 Å². The van der Waals surface area contributed by atoms with Gasteiger partial charge in [-0.15, -0.1) is 11.3 Å². The largest absolute Gasteiger partial charge is 0.345 e. The van der Waals surface area contributed by atoms with Crippen LogP contribution in [0.1, 0.15) is 40.2 Å². The molecule has 5 nitrogen and oxygen atoms in total. The molecule has 1 amide bonds. The second-order valence-corrected chi connectivity index (χ2v) is 9.89. The first-order chi connectivity index (χ1) is 14.0. The molecule has 1 aliphatic heterocycles. The lowest BCUT2D eigenvalue weighted by Crippen LogP contribution is -2.35. The lowest BCUT2D eigenvalue weighted by Gasteiger charge is -2.30. The number of carbonyl (C=O) groups excluding carboxylic acids is 1. The third kappa shape index (κ3) is 3.93. The normalized spacial score (nSPS) is 14.9.